The Morgan fingerprint density at radius 3 is 1.97 bits per heavy atom. The number of ether oxygens (including phenoxy) is 3. The number of hydrogen-bond acceptors (Lipinski definition) is 5. The first-order chi connectivity index (χ1) is 14.1. The molecule has 1 aliphatic carbocycles. The zero-order chi connectivity index (χ0) is 20.8. The van der Waals surface area contributed by atoms with Crippen molar-refractivity contribution in [3.8, 4) is 17.2 Å². The van der Waals surface area contributed by atoms with Crippen LogP contribution >= 0.6 is 0 Å². The Bertz CT molecular complexity index is 697. The van der Waals surface area contributed by atoms with E-state index < -0.39 is 0 Å². The molecule has 1 heterocycles. The van der Waals surface area contributed by atoms with E-state index >= 15 is 0 Å². The summed E-state index contributed by atoms with van der Waals surface area (Å²) in [5.74, 6) is 1.62. The van der Waals surface area contributed by atoms with Crippen molar-refractivity contribution in [2.45, 2.75) is 52.5 Å². The second kappa shape index (κ2) is 9.85. The summed E-state index contributed by atoms with van der Waals surface area (Å²) in [5.41, 5.74) is 0.515. The fourth-order valence-corrected chi connectivity index (χ4v) is 3.59. The van der Waals surface area contributed by atoms with Gasteiger partial charge in [-0.25, -0.2) is 0 Å². The molecular weight excluding hydrogens is 372 g/mol. The third kappa shape index (κ3) is 5.34. The molecular formula is C22H32N2O5. The van der Waals surface area contributed by atoms with Gasteiger partial charge in [-0.2, -0.15) is 0 Å². The second-order valence-corrected chi connectivity index (χ2v) is 7.45. The highest BCUT2D eigenvalue weighted by Crippen LogP contribution is 2.39. The Hall–Kier alpha value is -2.44. The van der Waals surface area contributed by atoms with Gasteiger partial charge in [-0.1, -0.05) is 0 Å². The summed E-state index contributed by atoms with van der Waals surface area (Å²) in [7, 11) is 0. The molecule has 0 aromatic heterocycles. The molecule has 1 aromatic carbocycles. The SMILES string of the molecule is CCOc1cc(C(=O)N2CCC(C(=O)NC3CC3)CC2)cc(OCC)c1OCC. The Balaban J connectivity index is 1.71. The lowest BCUT2D eigenvalue weighted by molar-refractivity contribution is -0.126. The number of benzene rings is 1. The first-order valence-electron chi connectivity index (χ1n) is 10.7. The minimum absolute atomic E-state index is 0.00190. The van der Waals surface area contributed by atoms with Crippen LogP contribution in [0.25, 0.3) is 0 Å². The summed E-state index contributed by atoms with van der Waals surface area (Å²) in [5, 5.41) is 3.07. The summed E-state index contributed by atoms with van der Waals surface area (Å²) >= 11 is 0. The molecule has 7 heteroatoms. The first-order valence-corrected chi connectivity index (χ1v) is 10.7. The highest BCUT2D eigenvalue weighted by molar-refractivity contribution is 5.96. The molecule has 160 valence electrons. The van der Waals surface area contributed by atoms with Gasteiger partial charge in [0.2, 0.25) is 11.7 Å². The number of carbonyl (C=O) groups excluding carboxylic acids is 2. The van der Waals surface area contributed by atoms with Crippen molar-refractivity contribution in [2.24, 2.45) is 5.92 Å². The smallest absolute Gasteiger partial charge is 0.254 e. The fourth-order valence-electron chi connectivity index (χ4n) is 3.59. The lowest BCUT2D eigenvalue weighted by Gasteiger charge is -2.31. The molecule has 1 N–H and O–H groups in total. The maximum Gasteiger partial charge on any atom is 0.254 e. The van der Waals surface area contributed by atoms with Crippen LogP contribution in [0.3, 0.4) is 0 Å². The van der Waals surface area contributed by atoms with E-state index in [1.54, 1.807) is 12.1 Å². The van der Waals surface area contributed by atoms with Crippen molar-refractivity contribution in [1.82, 2.24) is 10.2 Å². The molecule has 0 radical (unpaired) electrons. The maximum absolute atomic E-state index is 13.1. The number of nitrogens with one attached hydrogen (secondary N) is 1. The van der Waals surface area contributed by atoms with E-state index in [2.05, 4.69) is 5.32 Å². The molecule has 2 amide bonds. The van der Waals surface area contributed by atoms with Crippen molar-refractivity contribution in [3.63, 3.8) is 0 Å². The molecule has 7 nitrogen and oxygen atoms in total. The van der Waals surface area contributed by atoms with E-state index in [-0.39, 0.29) is 17.7 Å². The van der Waals surface area contributed by atoms with E-state index in [1.807, 2.05) is 25.7 Å². The van der Waals surface area contributed by atoms with Crippen LogP contribution in [0.5, 0.6) is 17.2 Å². The number of piperidine rings is 1. The van der Waals surface area contributed by atoms with Crippen LogP contribution < -0.4 is 19.5 Å². The normalized spacial score (nSPS) is 17.0. The third-order valence-corrected chi connectivity index (χ3v) is 5.23. The predicted molar refractivity (Wildman–Crippen MR) is 110 cm³/mol. The average molecular weight is 405 g/mol. The van der Waals surface area contributed by atoms with Crippen molar-refractivity contribution in [1.29, 1.82) is 0 Å². The van der Waals surface area contributed by atoms with Crippen molar-refractivity contribution >= 4 is 11.8 Å². The molecule has 0 bridgehead atoms. The Labute approximate surface area is 172 Å². The number of nitrogens with zero attached hydrogens (tertiary/aromatic N) is 1. The van der Waals surface area contributed by atoms with E-state index in [9.17, 15) is 9.59 Å². The number of rotatable bonds is 9. The molecule has 1 aliphatic heterocycles. The van der Waals surface area contributed by atoms with Crippen LogP contribution in [-0.2, 0) is 4.79 Å². The fraction of sp³-hybridized carbons (Fsp3) is 0.636. The van der Waals surface area contributed by atoms with Crippen molar-refractivity contribution in [3.05, 3.63) is 17.7 Å². The molecule has 2 aliphatic rings. The van der Waals surface area contributed by atoms with Crippen LogP contribution in [0.4, 0.5) is 0 Å². The third-order valence-electron chi connectivity index (χ3n) is 5.23. The van der Waals surface area contributed by atoms with Gasteiger partial charge in [-0.3, -0.25) is 9.59 Å². The van der Waals surface area contributed by atoms with Gasteiger partial charge in [0.05, 0.1) is 19.8 Å². The van der Waals surface area contributed by atoms with Crippen molar-refractivity contribution in [2.75, 3.05) is 32.9 Å². The van der Waals surface area contributed by atoms with E-state index in [4.69, 9.17) is 14.2 Å². The number of carbonyl (C=O) groups is 2. The molecule has 0 atom stereocenters. The topological polar surface area (TPSA) is 77.1 Å². The molecule has 1 saturated carbocycles. The van der Waals surface area contributed by atoms with Gasteiger partial charge in [0.1, 0.15) is 0 Å². The summed E-state index contributed by atoms with van der Waals surface area (Å²) in [6.45, 7) is 8.23. The number of amides is 2. The van der Waals surface area contributed by atoms with Crippen LogP contribution in [0.1, 0.15) is 56.8 Å². The van der Waals surface area contributed by atoms with Gasteiger partial charge in [-0.15, -0.1) is 0 Å². The van der Waals surface area contributed by atoms with Crippen LogP contribution in [0.2, 0.25) is 0 Å². The Kier molecular flexibility index (Phi) is 7.23. The number of likely N-dealkylation sites (tertiary alicyclic amines) is 1. The molecule has 0 unspecified atom stereocenters. The van der Waals surface area contributed by atoms with E-state index in [0.717, 1.165) is 12.8 Å². The van der Waals surface area contributed by atoms with Crippen molar-refractivity contribution < 1.29 is 23.8 Å². The van der Waals surface area contributed by atoms with Crippen LogP contribution in [0, 0.1) is 5.92 Å². The summed E-state index contributed by atoms with van der Waals surface area (Å²) in [6, 6.07) is 3.83. The van der Waals surface area contributed by atoms with Gasteiger partial charge in [-0.05, 0) is 58.6 Å². The van der Waals surface area contributed by atoms with E-state index in [0.29, 0.717) is 74.6 Å². The van der Waals surface area contributed by atoms with Gasteiger partial charge in [0.15, 0.2) is 11.5 Å². The van der Waals surface area contributed by atoms with Gasteiger partial charge < -0.3 is 24.4 Å². The Morgan fingerprint density at radius 1 is 0.931 bits per heavy atom. The maximum atomic E-state index is 13.1. The van der Waals surface area contributed by atoms with Gasteiger partial charge in [0, 0.05) is 30.6 Å². The molecule has 1 saturated heterocycles. The predicted octanol–water partition coefficient (Wildman–Crippen LogP) is 3.01. The summed E-state index contributed by atoms with van der Waals surface area (Å²) < 4.78 is 17.1. The molecule has 0 spiro atoms. The zero-order valence-corrected chi connectivity index (χ0v) is 17.7. The highest BCUT2D eigenvalue weighted by Gasteiger charge is 2.32. The van der Waals surface area contributed by atoms with E-state index in [1.165, 1.54) is 0 Å². The first kappa shape index (κ1) is 21.3. The molecule has 2 fully saturated rings. The summed E-state index contributed by atoms with van der Waals surface area (Å²) in [6.07, 6.45) is 3.56. The lowest BCUT2D eigenvalue weighted by Crippen LogP contribution is -2.43. The van der Waals surface area contributed by atoms with Gasteiger partial charge >= 0.3 is 0 Å². The highest BCUT2D eigenvalue weighted by atomic mass is 16.5. The lowest BCUT2D eigenvalue weighted by atomic mass is 9.95. The quantitative estimate of drug-likeness (QED) is 0.685. The molecule has 29 heavy (non-hydrogen) atoms. The minimum Gasteiger partial charge on any atom is -0.490 e. The minimum atomic E-state index is -0.0731. The summed E-state index contributed by atoms with van der Waals surface area (Å²) in [4.78, 5) is 27.2. The standard InChI is InChI=1S/C22H32N2O5/c1-4-27-18-13-16(14-19(28-5-2)20(18)29-6-3)22(26)24-11-9-15(10-12-24)21(25)23-17-7-8-17/h13-15,17H,4-12H2,1-3H3,(H,23,25). The Morgan fingerprint density at radius 2 is 1.48 bits per heavy atom. The monoisotopic (exact) mass is 404 g/mol. The largest absolute Gasteiger partial charge is 0.490 e. The zero-order valence-electron chi connectivity index (χ0n) is 17.7. The van der Waals surface area contributed by atoms with Gasteiger partial charge in [0.25, 0.3) is 5.91 Å². The van der Waals surface area contributed by atoms with Crippen LogP contribution in [0.15, 0.2) is 12.1 Å². The van der Waals surface area contributed by atoms with Crippen LogP contribution in [-0.4, -0.2) is 55.7 Å². The molecule has 3 rings (SSSR count). The second-order valence-electron chi connectivity index (χ2n) is 7.45. The molecule has 1 aromatic rings. The number of hydrogen-bond donors (Lipinski definition) is 1. The average Bonchev–Trinajstić information content (AvgIpc) is 3.54.